The number of carboxylic acids is 1. The van der Waals surface area contributed by atoms with Crippen LogP contribution in [-0.2, 0) is 14.3 Å². The Bertz CT molecular complexity index is 1570. The third kappa shape index (κ3) is 6.35. The third-order valence-electron chi connectivity index (χ3n) is 8.98. The molecule has 4 atom stereocenters. The zero-order valence-electron chi connectivity index (χ0n) is 25.9. The van der Waals surface area contributed by atoms with Crippen LogP contribution in [0.15, 0.2) is 46.0 Å². The highest BCUT2D eigenvalue weighted by Gasteiger charge is 2.48. The molecule has 4 aliphatic heterocycles. The predicted octanol–water partition coefficient (Wildman–Crippen LogP) is 3.06. The maximum atomic E-state index is 14.0. The van der Waals surface area contributed by atoms with Crippen LogP contribution in [0.2, 0.25) is 5.02 Å². The van der Waals surface area contributed by atoms with E-state index in [2.05, 4.69) is 29.0 Å². The first-order chi connectivity index (χ1) is 22.0. The summed E-state index contributed by atoms with van der Waals surface area (Å²) in [7, 11) is 1.30. The quantitative estimate of drug-likeness (QED) is 0.386. The van der Waals surface area contributed by atoms with Crippen LogP contribution in [0.25, 0.3) is 0 Å². The van der Waals surface area contributed by atoms with E-state index in [1.165, 1.54) is 36.6 Å². The Morgan fingerprint density at radius 1 is 1.20 bits per heavy atom. The van der Waals surface area contributed by atoms with Crippen LogP contribution < -0.4 is 5.32 Å². The van der Waals surface area contributed by atoms with E-state index in [0.717, 1.165) is 0 Å². The minimum Gasteiger partial charge on any atom is -0.480 e. The molecule has 3 saturated heterocycles. The van der Waals surface area contributed by atoms with Gasteiger partial charge < -0.3 is 25.0 Å². The number of nitrogens with one attached hydrogen (secondary N) is 1. The number of aromatic nitrogens is 1. The van der Waals surface area contributed by atoms with Gasteiger partial charge in [-0.1, -0.05) is 31.5 Å². The van der Waals surface area contributed by atoms with Crippen molar-refractivity contribution >= 4 is 46.7 Å². The highest BCUT2D eigenvalue weighted by Crippen LogP contribution is 2.37. The number of hydrogen-bond donors (Lipinski definition) is 2. The average molecular weight is 674 g/mol. The van der Waals surface area contributed by atoms with E-state index in [1.54, 1.807) is 6.20 Å². The number of amidine groups is 1. The fraction of sp³-hybridized carbons (Fsp3) is 0.516. The molecule has 15 heteroatoms. The number of halogens is 2. The summed E-state index contributed by atoms with van der Waals surface area (Å²) in [5, 5.41) is 15.8. The maximum absolute atomic E-state index is 14.0. The Balaban J connectivity index is 1.24. The zero-order chi connectivity index (χ0) is 32.7. The van der Waals surface area contributed by atoms with E-state index in [-0.39, 0.29) is 28.7 Å². The number of fused-ring (bicyclic) bond motifs is 1. The lowest BCUT2D eigenvalue weighted by Crippen LogP contribution is -2.53. The van der Waals surface area contributed by atoms with E-state index in [0.29, 0.717) is 80.3 Å². The summed E-state index contributed by atoms with van der Waals surface area (Å²) in [4.78, 5) is 56.0. The van der Waals surface area contributed by atoms with Crippen molar-refractivity contribution in [1.82, 2.24) is 29.9 Å². The van der Waals surface area contributed by atoms with Crippen LogP contribution in [0.4, 0.5) is 9.18 Å². The number of piperazine rings is 1. The number of ether oxygens (including phenoxy) is 1. The molecule has 0 unspecified atom stereocenters. The summed E-state index contributed by atoms with van der Waals surface area (Å²) in [6.45, 7) is 7.76. The summed E-state index contributed by atoms with van der Waals surface area (Å²) in [5.41, 5.74) is 1.29. The standard InChI is InChI=1S/C31H37ClFN7O5S/c1-17(2)12-38-14-19(11-24(38)29(41)42)40-15-20-13-37(7-8-39(20)31(40)44)16-23-25(30(43)45-3)26(21-5-4-18(33)10-22(21)32)36-27(35-23)28-34-6-9-46-28/h4-6,9-10,17,19-20,24,26H,7-8,11-16H2,1-3H3,(H,35,36)(H,41,42)/t19-,20-,24+,26-/m0/s1. The highest BCUT2D eigenvalue weighted by molar-refractivity contribution is 7.11. The number of likely N-dealkylation sites (tertiary alicyclic amines) is 1. The Morgan fingerprint density at radius 2 is 2.00 bits per heavy atom. The summed E-state index contributed by atoms with van der Waals surface area (Å²) in [5.74, 6) is -1.17. The number of aliphatic imine (C=N–C) groups is 1. The molecule has 2 N–H and O–H groups in total. The molecular formula is C31H37ClFN7O5S. The highest BCUT2D eigenvalue weighted by atomic mass is 35.5. The molecule has 46 heavy (non-hydrogen) atoms. The van der Waals surface area contributed by atoms with E-state index < -0.39 is 29.8 Å². The molecule has 0 saturated carbocycles. The fourth-order valence-electron chi connectivity index (χ4n) is 6.97. The molecule has 5 heterocycles. The van der Waals surface area contributed by atoms with Crippen LogP contribution >= 0.6 is 22.9 Å². The van der Waals surface area contributed by atoms with Crippen molar-refractivity contribution in [3.8, 4) is 0 Å². The number of amides is 2. The number of benzene rings is 1. The number of urea groups is 1. The van der Waals surface area contributed by atoms with Gasteiger partial charge in [0, 0.05) is 79.7 Å². The van der Waals surface area contributed by atoms with Crippen LogP contribution in [0.3, 0.4) is 0 Å². The minimum atomic E-state index is -0.862. The molecule has 3 fully saturated rings. The molecule has 6 rings (SSSR count). The van der Waals surface area contributed by atoms with Gasteiger partial charge in [-0.25, -0.2) is 19.0 Å². The molecule has 12 nitrogen and oxygen atoms in total. The average Bonchev–Trinajstić information content (AvgIpc) is 3.76. The van der Waals surface area contributed by atoms with Crippen molar-refractivity contribution in [2.45, 2.75) is 44.4 Å². The molecule has 0 bridgehead atoms. The van der Waals surface area contributed by atoms with E-state index in [4.69, 9.17) is 21.3 Å². The number of rotatable bonds is 9. The molecule has 0 aliphatic carbocycles. The van der Waals surface area contributed by atoms with Crippen molar-refractivity contribution in [1.29, 1.82) is 0 Å². The lowest BCUT2D eigenvalue weighted by atomic mass is 9.95. The Labute approximate surface area is 275 Å². The van der Waals surface area contributed by atoms with Gasteiger partial charge in [-0.15, -0.1) is 11.3 Å². The summed E-state index contributed by atoms with van der Waals surface area (Å²) >= 11 is 7.87. The first-order valence-corrected chi connectivity index (χ1v) is 16.6. The first-order valence-electron chi connectivity index (χ1n) is 15.3. The van der Waals surface area contributed by atoms with Gasteiger partial charge in [0.25, 0.3) is 0 Å². The van der Waals surface area contributed by atoms with Gasteiger partial charge in [0.15, 0.2) is 10.8 Å². The molecule has 0 radical (unpaired) electrons. The van der Waals surface area contributed by atoms with Gasteiger partial charge in [0.05, 0.1) is 18.7 Å². The summed E-state index contributed by atoms with van der Waals surface area (Å²) in [6.07, 6.45) is 2.07. The summed E-state index contributed by atoms with van der Waals surface area (Å²) in [6, 6.07) is 2.21. The number of thiazole rings is 1. The molecule has 0 spiro atoms. The zero-order valence-corrected chi connectivity index (χ0v) is 27.4. The second kappa shape index (κ2) is 13.3. The Kier molecular flexibility index (Phi) is 9.33. The monoisotopic (exact) mass is 673 g/mol. The molecule has 2 amide bonds. The Hall–Kier alpha value is -3.59. The number of aliphatic carboxylic acids is 1. The number of carbonyl (C=O) groups excluding carboxylic acids is 2. The second-order valence-electron chi connectivity index (χ2n) is 12.5. The molecular weight excluding hydrogens is 637 g/mol. The Morgan fingerprint density at radius 3 is 2.67 bits per heavy atom. The van der Waals surface area contributed by atoms with Crippen molar-refractivity contribution in [2.24, 2.45) is 10.9 Å². The van der Waals surface area contributed by atoms with Gasteiger partial charge in [-0.3, -0.25) is 19.6 Å². The first kappa shape index (κ1) is 32.4. The smallest absolute Gasteiger partial charge is 0.338 e. The topological polar surface area (TPSA) is 131 Å². The number of carbonyl (C=O) groups is 3. The number of esters is 1. The van der Waals surface area contributed by atoms with Crippen LogP contribution in [-0.4, -0.2) is 125 Å². The van der Waals surface area contributed by atoms with Gasteiger partial charge >= 0.3 is 18.0 Å². The van der Waals surface area contributed by atoms with Gasteiger partial charge in [0.1, 0.15) is 17.9 Å². The molecule has 1 aromatic carbocycles. The van der Waals surface area contributed by atoms with Gasteiger partial charge in [-0.05, 0) is 24.5 Å². The van der Waals surface area contributed by atoms with Crippen LogP contribution in [0.5, 0.6) is 0 Å². The minimum absolute atomic E-state index is 0.0559. The van der Waals surface area contributed by atoms with Crippen molar-refractivity contribution in [3.05, 3.63) is 62.5 Å². The third-order valence-corrected chi connectivity index (χ3v) is 10.1. The van der Waals surface area contributed by atoms with Gasteiger partial charge in [-0.2, -0.15) is 0 Å². The summed E-state index contributed by atoms with van der Waals surface area (Å²) < 4.78 is 19.2. The number of carboxylic acid groups (broad SMARTS) is 1. The van der Waals surface area contributed by atoms with E-state index in [1.807, 2.05) is 20.1 Å². The number of methoxy groups -OCH3 is 1. The van der Waals surface area contributed by atoms with Crippen LogP contribution in [0.1, 0.15) is 36.9 Å². The normalized spacial score (nSPS) is 25.6. The molecule has 4 aliphatic rings. The largest absolute Gasteiger partial charge is 0.480 e. The lowest BCUT2D eigenvalue weighted by Gasteiger charge is -2.38. The van der Waals surface area contributed by atoms with Crippen LogP contribution in [0, 0.1) is 11.7 Å². The molecule has 1 aromatic heterocycles. The van der Waals surface area contributed by atoms with Gasteiger partial charge in [0.2, 0.25) is 0 Å². The predicted molar refractivity (Wildman–Crippen MR) is 170 cm³/mol. The van der Waals surface area contributed by atoms with Crippen molar-refractivity contribution in [3.63, 3.8) is 0 Å². The van der Waals surface area contributed by atoms with E-state index >= 15 is 0 Å². The van der Waals surface area contributed by atoms with Crippen molar-refractivity contribution in [2.75, 3.05) is 52.9 Å². The van der Waals surface area contributed by atoms with E-state index in [9.17, 15) is 23.9 Å². The number of hydrogen-bond acceptors (Lipinski definition) is 10. The maximum Gasteiger partial charge on any atom is 0.338 e. The number of nitrogens with zero attached hydrogens (tertiary/aromatic N) is 6. The lowest BCUT2D eigenvalue weighted by molar-refractivity contribution is -0.142. The molecule has 2 aromatic rings. The fourth-order valence-corrected chi connectivity index (χ4v) is 7.83. The molecule has 246 valence electrons. The second-order valence-corrected chi connectivity index (χ2v) is 13.8. The SMILES string of the molecule is COC(=O)C1=C(CN2CCN3C(=O)N([C@H]4C[C@H](C(=O)O)N(CC(C)C)C4)C[C@@H]3C2)NC(c2nccs2)=N[C@H]1c1ccc(F)cc1Cl. The van der Waals surface area contributed by atoms with Crippen molar-refractivity contribution < 1.29 is 28.6 Å².